The largest absolute Gasteiger partial charge is 0.369 e. The molecule has 80 valence electrons. The average Bonchev–Trinajstić information content (AvgIpc) is 2.44. The van der Waals surface area contributed by atoms with Crippen LogP contribution in [0.2, 0.25) is 0 Å². The second-order valence-corrected chi connectivity index (χ2v) is 5.03. The number of nitrogens with two attached hydrogens (primary N) is 2. The van der Waals surface area contributed by atoms with E-state index in [9.17, 15) is 4.79 Å². The Morgan fingerprint density at radius 3 is 2.57 bits per heavy atom. The Kier molecular flexibility index (Phi) is 2.27. The van der Waals surface area contributed by atoms with E-state index in [1.165, 1.54) is 0 Å². The van der Waals surface area contributed by atoms with Gasteiger partial charge in [-0.1, -0.05) is 0 Å². The van der Waals surface area contributed by atoms with E-state index in [-0.39, 0.29) is 11.3 Å². The van der Waals surface area contributed by atoms with Crippen molar-refractivity contribution in [2.45, 2.75) is 38.3 Å². The molecule has 2 rings (SSSR count). The van der Waals surface area contributed by atoms with E-state index in [1.54, 1.807) is 0 Å². The highest BCUT2D eigenvalue weighted by Gasteiger charge is 2.43. The van der Waals surface area contributed by atoms with Crippen molar-refractivity contribution >= 4 is 5.91 Å². The van der Waals surface area contributed by atoms with Crippen LogP contribution < -0.4 is 11.5 Å². The van der Waals surface area contributed by atoms with Crippen molar-refractivity contribution in [1.29, 1.82) is 0 Å². The van der Waals surface area contributed by atoms with E-state index in [0.717, 1.165) is 32.4 Å². The molecular weight excluding hydrogens is 178 g/mol. The minimum atomic E-state index is -0.306. The molecule has 2 fully saturated rings. The number of nitrogens with zero attached hydrogens (tertiary/aromatic N) is 1. The molecule has 1 amide bonds. The van der Waals surface area contributed by atoms with Crippen LogP contribution in [-0.4, -0.2) is 36.0 Å². The molecule has 1 saturated heterocycles. The van der Waals surface area contributed by atoms with Crippen LogP contribution in [0.15, 0.2) is 0 Å². The van der Waals surface area contributed by atoms with Gasteiger partial charge in [0.1, 0.15) is 0 Å². The molecule has 4 nitrogen and oxygen atoms in total. The highest BCUT2D eigenvalue weighted by Crippen LogP contribution is 2.35. The van der Waals surface area contributed by atoms with Gasteiger partial charge in [-0.2, -0.15) is 0 Å². The normalized spacial score (nSPS) is 43.6. The maximum atomic E-state index is 11.2. The van der Waals surface area contributed by atoms with Gasteiger partial charge in [0.15, 0.2) is 0 Å². The summed E-state index contributed by atoms with van der Waals surface area (Å²) < 4.78 is 0. The molecule has 1 unspecified atom stereocenters. The molecule has 0 aromatic carbocycles. The van der Waals surface area contributed by atoms with Crippen molar-refractivity contribution in [3.63, 3.8) is 0 Å². The van der Waals surface area contributed by atoms with Crippen molar-refractivity contribution in [3.05, 3.63) is 0 Å². The van der Waals surface area contributed by atoms with Gasteiger partial charge in [0.05, 0.1) is 5.41 Å². The Bertz CT molecular complexity index is 250. The van der Waals surface area contributed by atoms with Crippen LogP contribution in [-0.2, 0) is 4.79 Å². The summed E-state index contributed by atoms with van der Waals surface area (Å²) in [4.78, 5) is 13.6. The number of hydrogen-bond donors (Lipinski definition) is 2. The lowest BCUT2D eigenvalue weighted by Gasteiger charge is -2.39. The smallest absolute Gasteiger partial charge is 0.224 e. The highest BCUT2D eigenvalue weighted by atomic mass is 16.1. The van der Waals surface area contributed by atoms with Gasteiger partial charge in [0, 0.05) is 18.6 Å². The molecule has 4 N–H and O–H groups in total. The van der Waals surface area contributed by atoms with Gasteiger partial charge in [0.2, 0.25) is 5.91 Å². The van der Waals surface area contributed by atoms with Crippen LogP contribution in [0.3, 0.4) is 0 Å². The predicted octanol–water partition coefficient (Wildman–Crippen LogP) is -0.327. The third kappa shape index (κ3) is 1.53. The molecule has 0 aromatic heterocycles. The third-order valence-corrected chi connectivity index (χ3v) is 3.76. The summed E-state index contributed by atoms with van der Waals surface area (Å²) >= 11 is 0. The first kappa shape index (κ1) is 9.93. The van der Waals surface area contributed by atoms with Crippen LogP contribution in [0.25, 0.3) is 0 Å². The number of likely N-dealkylation sites (tertiary alicyclic amines) is 1. The molecule has 14 heavy (non-hydrogen) atoms. The summed E-state index contributed by atoms with van der Waals surface area (Å²) in [6.45, 7) is 3.78. The first-order valence-corrected chi connectivity index (χ1v) is 5.31. The van der Waals surface area contributed by atoms with Crippen molar-refractivity contribution in [1.82, 2.24) is 4.90 Å². The van der Waals surface area contributed by atoms with Gasteiger partial charge < -0.3 is 11.5 Å². The molecule has 0 spiro atoms. The Morgan fingerprint density at radius 1 is 1.50 bits per heavy atom. The number of primary amides is 1. The maximum absolute atomic E-state index is 11.2. The summed E-state index contributed by atoms with van der Waals surface area (Å²) in [7, 11) is 0. The Labute approximate surface area is 84.6 Å². The Morgan fingerprint density at radius 2 is 2.14 bits per heavy atom. The monoisotopic (exact) mass is 197 g/mol. The number of rotatable bonds is 2. The lowest BCUT2D eigenvalue weighted by Crippen LogP contribution is -2.50. The van der Waals surface area contributed by atoms with Crippen LogP contribution in [0.1, 0.15) is 26.2 Å². The quantitative estimate of drug-likeness (QED) is 0.637. The van der Waals surface area contributed by atoms with Crippen LogP contribution in [0.4, 0.5) is 0 Å². The molecule has 1 saturated carbocycles. The first-order chi connectivity index (χ1) is 6.51. The molecular formula is C10H19N3O. The number of carbonyl (C=O) groups excluding carboxylic acids is 1. The van der Waals surface area contributed by atoms with E-state index in [1.807, 2.05) is 6.92 Å². The summed E-state index contributed by atoms with van der Waals surface area (Å²) in [5, 5.41) is 0. The van der Waals surface area contributed by atoms with Crippen molar-refractivity contribution in [3.8, 4) is 0 Å². The van der Waals surface area contributed by atoms with Gasteiger partial charge >= 0.3 is 0 Å². The van der Waals surface area contributed by atoms with E-state index in [0.29, 0.717) is 12.1 Å². The summed E-state index contributed by atoms with van der Waals surface area (Å²) in [5.41, 5.74) is 10.8. The third-order valence-electron chi connectivity index (χ3n) is 3.76. The van der Waals surface area contributed by atoms with E-state index >= 15 is 0 Å². The zero-order chi connectivity index (χ0) is 10.3. The van der Waals surface area contributed by atoms with Gasteiger partial charge in [0.25, 0.3) is 0 Å². The van der Waals surface area contributed by atoms with Gasteiger partial charge in [-0.25, -0.2) is 0 Å². The van der Waals surface area contributed by atoms with Gasteiger partial charge in [-0.15, -0.1) is 0 Å². The topological polar surface area (TPSA) is 72.4 Å². The fraction of sp³-hybridized carbons (Fsp3) is 0.900. The number of carbonyl (C=O) groups is 1. The van der Waals surface area contributed by atoms with E-state index < -0.39 is 0 Å². The van der Waals surface area contributed by atoms with Gasteiger partial charge in [-0.3, -0.25) is 9.69 Å². The summed E-state index contributed by atoms with van der Waals surface area (Å²) in [6, 6.07) is 0.978. The minimum Gasteiger partial charge on any atom is -0.369 e. The second kappa shape index (κ2) is 3.21. The molecule has 2 aliphatic rings. The van der Waals surface area contributed by atoms with Crippen molar-refractivity contribution in [2.75, 3.05) is 13.1 Å². The minimum absolute atomic E-state index is 0.163. The summed E-state index contributed by atoms with van der Waals surface area (Å²) in [6.07, 6.45) is 3.05. The fourth-order valence-electron chi connectivity index (χ4n) is 2.44. The van der Waals surface area contributed by atoms with Crippen LogP contribution in [0.5, 0.6) is 0 Å². The highest BCUT2D eigenvalue weighted by molar-refractivity contribution is 5.81. The first-order valence-electron chi connectivity index (χ1n) is 5.31. The predicted molar refractivity (Wildman–Crippen MR) is 54.5 cm³/mol. The lowest BCUT2D eigenvalue weighted by molar-refractivity contribution is -0.126. The van der Waals surface area contributed by atoms with Crippen molar-refractivity contribution in [2.24, 2.45) is 16.9 Å². The van der Waals surface area contributed by atoms with Gasteiger partial charge in [-0.05, 0) is 32.7 Å². The molecule has 0 aromatic rings. The number of amides is 1. The van der Waals surface area contributed by atoms with Crippen molar-refractivity contribution < 1.29 is 4.79 Å². The zero-order valence-electron chi connectivity index (χ0n) is 8.70. The maximum Gasteiger partial charge on any atom is 0.224 e. The number of hydrogen-bond acceptors (Lipinski definition) is 3. The molecule has 0 bridgehead atoms. The fourth-order valence-corrected chi connectivity index (χ4v) is 2.44. The average molecular weight is 197 g/mol. The second-order valence-electron chi connectivity index (χ2n) is 5.03. The van der Waals surface area contributed by atoms with Crippen LogP contribution in [0, 0.1) is 5.41 Å². The van der Waals surface area contributed by atoms with Crippen LogP contribution >= 0.6 is 0 Å². The Balaban J connectivity index is 1.92. The standard InChI is InChI=1S/C10H19N3O/c1-10(9(12)14)2-3-13(6-10)8-4-7(11)5-8/h7-8H,2-6,11H2,1H3,(H2,12,14). The van der Waals surface area contributed by atoms with E-state index in [2.05, 4.69) is 4.90 Å². The molecule has 4 heteroatoms. The zero-order valence-corrected chi connectivity index (χ0v) is 8.70. The molecule has 0 radical (unpaired) electrons. The Hall–Kier alpha value is -0.610. The molecule has 1 atom stereocenters. The molecule has 1 heterocycles. The molecule has 1 aliphatic heterocycles. The summed E-state index contributed by atoms with van der Waals surface area (Å²) in [5.74, 6) is -0.163. The molecule has 1 aliphatic carbocycles. The SMILES string of the molecule is CC1(C(N)=O)CCN(C2CC(N)C2)C1. The van der Waals surface area contributed by atoms with E-state index in [4.69, 9.17) is 11.5 Å². The lowest BCUT2D eigenvalue weighted by atomic mass is 9.85.